The first-order valence-corrected chi connectivity index (χ1v) is 9.92. The van der Waals surface area contributed by atoms with Crippen molar-refractivity contribution in [3.63, 3.8) is 0 Å². The summed E-state index contributed by atoms with van der Waals surface area (Å²) in [6.45, 7) is 4.21. The molecule has 2 amide bonds. The maximum absolute atomic E-state index is 12.9. The van der Waals surface area contributed by atoms with Gasteiger partial charge in [-0.1, -0.05) is 36.4 Å². The van der Waals surface area contributed by atoms with E-state index in [1.54, 1.807) is 6.20 Å². The number of hydrogen-bond acceptors (Lipinski definition) is 3. The third kappa shape index (κ3) is 4.03. The third-order valence-electron chi connectivity index (χ3n) is 5.65. The highest BCUT2D eigenvalue weighted by Crippen LogP contribution is 2.27. The highest BCUT2D eigenvalue weighted by Gasteiger charge is 2.30. The Bertz CT molecular complexity index is 998. The Kier molecular flexibility index (Phi) is 5.36. The number of likely N-dealkylation sites (N-methyl/N-ethyl adjacent to an activating group) is 1. The van der Waals surface area contributed by atoms with Crippen LogP contribution in [0.3, 0.4) is 0 Å². The normalized spacial score (nSPS) is 17.3. The molecule has 6 heteroatoms. The number of aromatic nitrogens is 2. The number of carbonyl (C=O) groups excluding carboxylic acids is 1. The molecule has 1 N–H and O–H groups in total. The number of anilines is 1. The van der Waals surface area contributed by atoms with Crippen LogP contribution < -0.4 is 5.32 Å². The lowest BCUT2D eigenvalue weighted by atomic mass is 10.0. The van der Waals surface area contributed by atoms with Crippen LogP contribution in [0.5, 0.6) is 0 Å². The van der Waals surface area contributed by atoms with Crippen LogP contribution in [0.15, 0.2) is 60.9 Å². The van der Waals surface area contributed by atoms with Crippen molar-refractivity contribution in [2.45, 2.75) is 13.0 Å². The van der Waals surface area contributed by atoms with Crippen LogP contribution in [0.1, 0.15) is 17.4 Å². The molecule has 0 aliphatic carbocycles. The summed E-state index contributed by atoms with van der Waals surface area (Å²) < 4.78 is 2.02. The minimum Gasteiger partial charge on any atom is -0.337 e. The summed E-state index contributed by atoms with van der Waals surface area (Å²) in [7, 11) is 4.08. The number of piperazine rings is 1. The van der Waals surface area contributed by atoms with E-state index in [9.17, 15) is 4.79 Å². The van der Waals surface area contributed by atoms with Gasteiger partial charge in [-0.2, -0.15) is 0 Å². The molecule has 29 heavy (non-hydrogen) atoms. The first-order chi connectivity index (χ1) is 14.0. The highest BCUT2D eigenvalue weighted by molar-refractivity contribution is 5.90. The standard InChI is InChI=1S/C23H27N5O/c1-17-15-19(9-10-20(17)18-7-5-4-6-8-18)25-23(29)28-14-13-26(2)21(16-28)22-24-11-12-27(22)3/h4-12,15,21H,13-14,16H2,1-3H3,(H,25,29)/t21-/m0/s1. The first kappa shape index (κ1) is 19.2. The van der Waals surface area contributed by atoms with Crippen molar-refractivity contribution in [3.8, 4) is 11.1 Å². The molecule has 1 saturated heterocycles. The number of amides is 2. The van der Waals surface area contributed by atoms with Crippen molar-refractivity contribution in [3.05, 3.63) is 72.3 Å². The number of aryl methyl sites for hydroxylation is 2. The number of rotatable bonds is 3. The van der Waals surface area contributed by atoms with Gasteiger partial charge in [0.2, 0.25) is 0 Å². The lowest BCUT2D eigenvalue weighted by Gasteiger charge is -2.38. The largest absolute Gasteiger partial charge is 0.337 e. The topological polar surface area (TPSA) is 53.4 Å². The maximum atomic E-state index is 12.9. The molecule has 6 nitrogen and oxygen atoms in total. The molecule has 0 radical (unpaired) electrons. The summed E-state index contributed by atoms with van der Waals surface area (Å²) in [5, 5.41) is 3.07. The van der Waals surface area contributed by atoms with Crippen LogP contribution >= 0.6 is 0 Å². The lowest BCUT2D eigenvalue weighted by Crippen LogP contribution is -2.50. The minimum absolute atomic E-state index is 0.0656. The van der Waals surface area contributed by atoms with Crippen molar-refractivity contribution >= 4 is 11.7 Å². The molecule has 4 rings (SSSR count). The Morgan fingerprint density at radius 3 is 2.59 bits per heavy atom. The molecule has 2 aromatic carbocycles. The molecule has 0 spiro atoms. The van der Waals surface area contributed by atoms with E-state index < -0.39 is 0 Å². The summed E-state index contributed by atoms with van der Waals surface area (Å²) in [5.41, 5.74) is 4.32. The molecule has 0 unspecified atom stereocenters. The van der Waals surface area contributed by atoms with Gasteiger partial charge < -0.3 is 14.8 Å². The van der Waals surface area contributed by atoms with Crippen molar-refractivity contribution in [1.82, 2.24) is 19.4 Å². The second kappa shape index (κ2) is 8.09. The van der Waals surface area contributed by atoms with E-state index in [0.717, 1.165) is 23.6 Å². The fourth-order valence-corrected chi connectivity index (χ4v) is 3.92. The highest BCUT2D eigenvalue weighted by atomic mass is 16.2. The average molecular weight is 390 g/mol. The summed E-state index contributed by atoms with van der Waals surface area (Å²) in [6, 6.07) is 16.4. The van der Waals surface area contributed by atoms with Crippen LogP contribution in [0.25, 0.3) is 11.1 Å². The Morgan fingerprint density at radius 2 is 1.90 bits per heavy atom. The predicted molar refractivity (Wildman–Crippen MR) is 116 cm³/mol. The summed E-state index contributed by atoms with van der Waals surface area (Å²) in [4.78, 5) is 21.5. The summed E-state index contributed by atoms with van der Waals surface area (Å²) in [5.74, 6) is 0.980. The second-order valence-corrected chi connectivity index (χ2v) is 7.66. The van der Waals surface area contributed by atoms with E-state index in [2.05, 4.69) is 47.4 Å². The van der Waals surface area contributed by atoms with Gasteiger partial charge in [-0.3, -0.25) is 4.90 Å². The van der Waals surface area contributed by atoms with Crippen molar-refractivity contribution in [1.29, 1.82) is 0 Å². The second-order valence-electron chi connectivity index (χ2n) is 7.66. The maximum Gasteiger partial charge on any atom is 0.321 e. The number of urea groups is 1. The Morgan fingerprint density at radius 1 is 1.10 bits per heavy atom. The zero-order valence-corrected chi connectivity index (χ0v) is 17.2. The Balaban J connectivity index is 1.46. The van der Waals surface area contributed by atoms with Crippen LogP contribution in [-0.4, -0.2) is 52.1 Å². The quantitative estimate of drug-likeness (QED) is 0.739. The van der Waals surface area contributed by atoms with Gasteiger partial charge in [0.25, 0.3) is 0 Å². The average Bonchev–Trinajstić information content (AvgIpc) is 3.15. The third-order valence-corrected chi connectivity index (χ3v) is 5.65. The predicted octanol–water partition coefficient (Wildman–Crippen LogP) is 3.92. The van der Waals surface area contributed by atoms with E-state index in [1.165, 1.54) is 11.1 Å². The van der Waals surface area contributed by atoms with Gasteiger partial charge in [-0.15, -0.1) is 0 Å². The molecule has 1 fully saturated rings. The molecule has 1 aliphatic heterocycles. The van der Waals surface area contributed by atoms with Crippen LogP contribution in [-0.2, 0) is 7.05 Å². The monoisotopic (exact) mass is 389 g/mol. The summed E-state index contributed by atoms with van der Waals surface area (Å²) in [6.07, 6.45) is 3.75. The van der Waals surface area contributed by atoms with E-state index >= 15 is 0 Å². The fraction of sp³-hybridized carbons (Fsp3) is 0.304. The number of benzene rings is 2. The van der Waals surface area contributed by atoms with Gasteiger partial charge in [0.05, 0.1) is 6.04 Å². The van der Waals surface area contributed by atoms with E-state index in [4.69, 9.17) is 0 Å². The number of hydrogen-bond donors (Lipinski definition) is 1. The van der Waals surface area contributed by atoms with Crippen LogP contribution in [0, 0.1) is 6.92 Å². The SMILES string of the molecule is Cc1cc(NC(=O)N2CCN(C)[C@H](c3nccn3C)C2)ccc1-c1ccccc1. The molecule has 2 heterocycles. The number of nitrogens with zero attached hydrogens (tertiary/aromatic N) is 4. The van der Waals surface area contributed by atoms with E-state index in [0.29, 0.717) is 13.1 Å². The van der Waals surface area contributed by atoms with E-state index in [1.807, 2.05) is 53.0 Å². The number of nitrogens with one attached hydrogen (secondary N) is 1. The lowest BCUT2D eigenvalue weighted by molar-refractivity contribution is 0.110. The number of carbonyl (C=O) groups is 1. The molecule has 1 aliphatic rings. The van der Waals surface area contributed by atoms with E-state index in [-0.39, 0.29) is 12.1 Å². The van der Waals surface area contributed by atoms with Crippen molar-refractivity contribution in [2.75, 3.05) is 32.0 Å². The molecule has 1 atom stereocenters. The first-order valence-electron chi connectivity index (χ1n) is 9.92. The number of imidazole rings is 1. The molecule has 0 bridgehead atoms. The van der Waals surface area contributed by atoms with Gasteiger partial charge in [0, 0.05) is 44.8 Å². The zero-order valence-electron chi connectivity index (χ0n) is 17.2. The smallest absolute Gasteiger partial charge is 0.321 e. The molecule has 3 aromatic rings. The summed E-state index contributed by atoms with van der Waals surface area (Å²) >= 11 is 0. The molecular formula is C23H27N5O. The fourth-order valence-electron chi connectivity index (χ4n) is 3.92. The Hall–Kier alpha value is -3.12. The van der Waals surface area contributed by atoms with Gasteiger partial charge in [-0.05, 0) is 42.8 Å². The van der Waals surface area contributed by atoms with Gasteiger partial charge >= 0.3 is 6.03 Å². The minimum atomic E-state index is -0.0656. The van der Waals surface area contributed by atoms with Gasteiger partial charge in [0.15, 0.2) is 0 Å². The van der Waals surface area contributed by atoms with Crippen LogP contribution in [0.4, 0.5) is 10.5 Å². The van der Waals surface area contributed by atoms with Gasteiger partial charge in [-0.25, -0.2) is 9.78 Å². The zero-order chi connectivity index (χ0) is 20.4. The van der Waals surface area contributed by atoms with Gasteiger partial charge in [0.1, 0.15) is 5.82 Å². The van der Waals surface area contributed by atoms with Crippen molar-refractivity contribution < 1.29 is 4.79 Å². The van der Waals surface area contributed by atoms with Crippen LogP contribution in [0.2, 0.25) is 0 Å². The van der Waals surface area contributed by atoms with Crippen molar-refractivity contribution in [2.24, 2.45) is 7.05 Å². The molecular weight excluding hydrogens is 362 g/mol. The Labute approximate surface area is 171 Å². The molecule has 0 saturated carbocycles. The molecule has 150 valence electrons. The molecule has 1 aromatic heterocycles.